The first-order chi connectivity index (χ1) is 9.15. The maximum absolute atomic E-state index is 12.4. The van der Waals surface area contributed by atoms with Crippen LogP contribution in [0.5, 0.6) is 0 Å². The lowest BCUT2D eigenvalue weighted by atomic mass is 9.93. The molecule has 3 heteroatoms. The summed E-state index contributed by atoms with van der Waals surface area (Å²) in [5.41, 5.74) is 0.911. The van der Waals surface area contributed by atoms with Crippen molar-refractivity contribution in [3.63, 3.8) is 0 Å². The van der Waals surface area contributed by atoms with Crippen LogP contribution in [-0.4, -0.2) is 16.4 Å². The maximum Gasteiger partial charge on any atom is 0.254 e. The molecule has 2 N–H and O–H groups in total. The van der Waals surface area contributed by atoms with Gasteiger partial charge in [-0.05, 0) is 25.0 Å². The molecule has 0 spiro atoms. The average Bonchev–Trinajstić information content (AvgIpc) is 2.93. The normalized spacial score (nSPS) is 11.2. The van der Waals surface area contributed by atoms with Gasteiger partial charge < -0.3 is 10.3 Å². The summed E-state index contributed by atoms with van der Waals surface area (Å²) in [4.78, 5) is 15.5. The summed E-state index contributed by atoms with van der Waals surface area (Å²) in [6.45, 7) is 3.97. The molecule has 98 valence electrons. The molecule has 0 aliphatic rings. The van der Waals surface area contributed by atoms with Crippen molar-refractivity contribution in [2.75, 3.05) is 0 Å². The fraction of sp³-hybridized carbons (Fsp3) is 0.312. The molecule has 1 aromatic carbocycles. The molecular weight excluding hydrogens is 236 g/mol. The van der Waals surface area contributed by atoms with Gasteiger partial charge in [0.05, 0.1) is 11.1 Å². The van der Waals surface area contributed by atoms with Crippen molar-refractivity contribution in [3.8, 4) is 12.3 Å². The number of benzene rings is 1. The number of amides is 1. The Labute approximate surface area is 113 Å². The van der Waals surface area contributed by atoms with E-state index in [0.29, 0.717) is 18.4 Å². The number of carbonyl (C=O) groups excluding carboxylic acids is 1. The fourth-order valence-electron chi connectivity index (χ4n) is 2.23. The number of para-hydroxylation sites is 1. The summed E-state index contributed by atoms with van der Waals surface area (Å²) in [7, 11) is 0. The summed E-state index contributed by atoms with van der Waals surface area (Å²) < 4.78 is 0. The second kappa shape index (κ2) is 5.19. The second-order valence-electron chi connectivity index (χ2n) is 4.64. The summed E-state index contributed by atoms with van der Waals surface area (Å²) >= 11 is 0. The van der Waals surface area contributed by atoms with Gasteiger partial charge in [-0.2, -0.15) is 0 Å². The van der Waals surface area contributed by atoms with Crippen LogP contribution in [0.15, 0.2) is 30.5 Å². The highest BCUT2D eigenvalue weighted by Gasteiger charge is 2.26. The van der Waals surface area contributed by atoms with Crippen molar-refractivity contribution in [2.45, 2.75) is 32.2 Å². The Hall–Kier alpha value is -2.21. The van der Waals surface area contributed by atoms with Crippen LogP contribution in [0.2, 0.25) is 0 Å². The number of aromatic nitrogens is 1. The van der Waals surface area contributed by atoms with Crippen LogP contribution < -0.4 is 5.32 Å². The van der Waals surface area contributed by atoms with Crippen molar-refractivity contribution in [3.05, 3.63) is 36.0 Å². The molecule has 19 heavy (non-hydrogen) atoms. The minimum atomic E-state index is -0.564. The summed E-state index contributed by atoms with van der Waals surface area (Å²) in [6, 6.07) is 7.60. The van der Waals surface area contributed by atoms with Gasteiger partial charge in [-0.3, -0.25) is 4.79 Å². The lowest BCUT2D eigenvalue weighted by Crippen LogP contribution is -2.46. The number of hydrogen-bond acceptors (Lipinski definition) is 1. The van der Waals surface area contributed by atoms with Crippen LogP contribution in [-0.2, 0) is 0 Å². The number of nitrogens with one attached hydrogen (secondary N) is 2. The highest BCUT2D eigenvalue weighted by molar-refractivity contribution is 6.06. The molecule has 2 rings (SSSR count). The Morgan fingerprint density at radius 1 is 1.37 bits per heavy atom. The smallest absolute Gasteiger partial charge is 0.254 e. The van der Waals surface area contributed by atoms with Crippen molar-refractivity contribution in [2.24, 2.45) is 0 Å². The predicted molar refractivity (Wildman–Crippen MR) is 77.9 cm³/mol. The van der Waals surface area contributed by atoms with Crippen molar-refractivity contribution >= 4 is 16.8 Å². The average molecular weight is 254 g/mol. The molecule has 0 atom stereocenters. The Morgan fingerprint density at radius 3 is 2.74 bits per heavy atom. The van der Waals surface area contributed by atoms with Gasteiger partial charge in [0.25, 0.3) is 5.91 Å². The Kier molecular flexibility index (Phi) is 3.62. The molecule has 0 saturated carbocycles. The first-order valence-electron chi connectivity index (χ1n) is 6.52. The molecule has 2 aromatic rings. The number of terminal acetylenes is 1. The largest absolute Gasteiger partial charge is 0.361 e. The van der Waals surface area contributed by atoms with Gasteiger partial charge in [-0.25, -0.2) is 0 Å². The molecule has 0 unspecified atom stereocenters. The number of H-pyrrole nitrogens is 1. The van der Waals surface area contributed by atoms with Crippen LogP contribution >= 0.6 is 0 Å². The summed E-state index contributed by atoms with van der Waals surface area (Å²) in [5, 5.41) is 4.00. The van der Waals surface area contributed by atoms with Crippen molar-refractivity contribution in [1.82, 2.24) is 10.3 Å². The quantitative estimate of drug-likeness (QED) is 0.809. The van der Waals surface area contributed by atoms with Crippen LogP contribution in [0.3, 0.4) is 0 Å². The van der Waals surface area contributed by atoms with E-state index in [1.54, 1.807) is 6.07 Å². The van der Waals surface area contributed by atoms with E-state index in [-0.39, 0.29) is 5.91 Å². The third-order valence-electron chi connectivity index (χ3n) is 3.67. The Morgan fingerprint density at radius 2 is 2.11 bits per heavy atom. The third kappa shape index (κ3) is 2.34. The van der Waals surface area contributed by atoms with E-state index in [1.165, 1.54) is 0 Å². The minimum Gasteiger partial charge on any atom is -0.361 e. The fourth-order valence-corrected chi connectivity index (χ4v) is 2.23. The third-order valence-corrected chi connectivity index (χ3v) is 3.67. The van der Waals surface area contributed by atoms with E-state index in [1.807, 2.05) is 38.2 Å². The second-order valence-corrected chi connectivity index (χ2v) is 4.64. The molecule has 0 bridgehead atoms. The highest BCUT2D eigenvalue weighted by atomic mass is 16.1. The van der Waals surface area contributed by atoms with Gasteiger partial charge in [0, 0.05) is 11.6 Å². The summed E-state index contributed by atoms with van der Waals surface area (Å²) in [5.74, 6) is 2.59. The van der Waals surface area contributed by atoms with E-state index < -0.39 is 5.54 Å². The lowest BCUT2D eigenvalue weighted by Gasteiger charge is -2.27. The molecule has 1 amide bonds. The van der Waals surface area contributed by atoms with Crippen molar-refractivity contribution in [1.29, 1.82) is 0 Å². The molecular formula is C16H18N2O. The van der Waals surface area contributed by atoms with Crippen LogP contribution in [0.25, 0.3) is 10.9 Å². The van der Waals surface area contributed by atoms with Crippen molar-refractivity contribution < 1.29 is 4.79 Å². The summed E-state index contributed by atoms with van der Waals surface area (Å²) in [6.07, 6.45) is 8.83. The van der Waals surface area contributed by atoms with E-state index in [2.05, 4.69) is 16.2 Å². The number of rotatable bonds is 4. The van der Waals surface area contributed by atoms with Crippen LogP contribution in [0.1, 0.15) is 37.0 Å². The molecule has 0 radical (unpaired) electrons. The first kappa shape index (κ1) is 13.2. The molecule has 0 aliphatic heterocycles. The standard InChI is InChI=1S/C16H18N2O/c1-4-16(5-2,6-3)18-15(19)13-9-7-8-12-10-11-17-14(12)13/h1,7-11,17H,5-6H2,2-3H3,(H,18,19). The van der Waals surface area contributed by atoms with E-state index in [9.17, 15) is 4.79 Å². The molecule has 3 nitrogen and oxygen atoms in total. The SMILES string of the molecule is C#CC(CC)(CC)NC(=O)c1cccc2cc[nH]c12. The Bertz CT molecular complexity index is 629. The van der Waals surface area contributed by atoms with Gasteiger partial charge >= 0.3 is 0 Å². The zero-order valence-electron chi connectivity index (χ0n) is 11.3. The number of carbonyl (C=O) groups is 1. The zero-order chi connectivity index (χ0) is 13.9. The van der Waals surface area contributed by atoms with E-state index in [4.69, 9.17) is 6.42 Å². The van der Waals surface area contributed by atoms with Gasteiger partial charge in [-0.15, -0.1) is 6.42 Å². The zero-order valence-corrected chi connectivity index (χ0v) is 11.3. The van der Waals surface area contributed by atoms with Gasteiger partial charge in [-0.1, -0.05) is 31.9 Å². The minimum absolute atomic E-state index is 0.130. The predicted octanol–water partition coefficient (Wildman–Crippen LogP) is 3.09. The Balaban J connectivity index is 2.35. The number of hydrogen-bond donors (Lipinski definition) is 2. The van der Waals surface area contributed by atoms with Crippen LogP contribution in [0, 0.1) is 12.3 Å². The van der Waals surface area contributed by atoms with E-state index in [0.717, 1.165) is 10.9 Å². The molecule has 1 heterocycles. The van der Waals surface area contributed by atoms with Crippen LogP contribution in [0.4, 0.5) is 0 Å². The first-order valence-corrected chi connectivity index (χ1v) is 6.52. The monoisotopic (exact) mass is 254 g/mol. The highest BCUT2D eigenvalue weighted by Crippen LogP contribution is 2.19. The van der Waals surface area contributed by atoms with Gasteiger partial charge in [0.15, 0.2) is 0 Å². The molecule has 0 aliphatic carbocycles. The molecule has 0 fully saturated rings. The van der Waals surface area contributed by atoms with E-state index >= 15 is 0 Å². The molecule has 1 aromatic heterocycles. The number of fused-ring (bicyclic) bond motifs is 1. The lowest BCUT2D eigenvalue weighted by molar-refractivity contribution is 0.0918. The maximum atomic E-state index is 12.4. The van der Waals surface area contributed by atoms with Gasteiger partial charge in [0.2, 0.25) is 0 Å². The molecule has 0 saturated heterocycles. The number of aromatic amines is 1. The topological polar surface area (TPSA) is 44.9 Å². The van der Waals surface area contributed by atoms with Gasteiger partial charge in [0.1, 0.15) is 5.54 Å².